The Kier molecular flexibility index (Phi) is 3.59. The molecule has 0 bridgehead atoms. The summed E-state index contributed by atoms with van der Waals surface area (Å²) in [5.41, 5.74) is 1.96. The van der Waals surface area contributed by atoms with Gasteiger partial charge in [0.2, 0.25) is 0 Å². The van der Waals surface area contributed by atoms with Crippen molar-refractivity contribution in [2.45, 2.75) is 13.0 Å². The summed E-state index contributed by atoms with van der Waals surface area (Å²) in [6.07, 6.45) is 1.96. The topological polar surface area (TPSA) is 37.3 Å². The van der Waals surface area contributed by atoms with E-state index in [-0.39, 0.29) is 11.8 Å². The summed E-state index contributed by atoms with van der Waals surface area (Å²) in [6, 6.07) is 8.04. The molecule has 2 heterocycles. The second-order valence-corrected chi connectivity index (χ2v) is 5.50. The van der Waals surface area contributed by atoms with Gasteiger partial charge >= 0.3 is 0 Å². The first-order valence-corrected chi connectivity index (χ1v) is 7.21. The molecule has 1 aromatic heterocycles. The fraction of sp³-hybridized carbons (Fsp3) is 0.438. The summed E-state index contributed by atoms with van der Waals surface area (Å²) in [6.45, 7) is 5.84. The summed E-state index contributed by atoms with van der Waals surface area (Å²) < 4.78 is 2.03. The normalized spacial score (nSPS) is 18.3. The van der Waals surface area contributed by atoms with Crippen LogP contribution in [0.25, 0.3) is 10.9 Å². The Labute approximate surface area is 119 Å². The summed E-state index contributed by atoms with van der Waals surface area (Å²) in [4.78, 5) is 15.1. The van der Waals surface area contributed by atoms with Gasteiger partial charge in [-0.3, -0.25) is 9.69 Å². The summed E-state index contributed by atoms with van der Waals surface area (Å²) >= 11 is 0. The number of aromatic nitrogens is 1. The van der Waals surface area contributed by atoms with Crippen molar-refractivity contribution >= 4 is 16.7 Å². The number of benzene rings is 1. The second-order valence-electron chi connectivity index (χ2n) is 5.50. The van der Waals surface area contributed by atoms with Crippen molar-refractivity contribution in [2.24, 2.45) is 7.05 Å². The molecule has 1 aliphatic rings. The zero-order chi connectivity index (χ0) is 14.1. The summed E-state index contributed by atoms with van der Waals surface area (Å²) in [5.74, 6) is 0.226. The van der Waals surface area contributed by atoms with Crippen LogP contribution in [0.1, 0.15) is 17.3 Å². The van der Waals surface area contributed by atoms with Crippen LogP contribution in [0.3, 0.4) is 0 Å². The van der Waals surface area contributed by atoms with E-state index in [9.17, 15) is 4.79 Å². The molecule has 0 radical (unpaired) electrons. The molecule has 1 N–H and O–H groups in total. The number of rotatable bonds is 3. The van der Waals surface area contributed by atoms with E-state index < -0.39 is 0 Å². The summed E-state index contributed by atoms with van der Waals surface area (Å²) in [7, 11) is 1.99. The van der Waals surface area contributed by atoms with Crippen molar-refractivity contribution < 1.29 is 4.79 Å². The smallest absolute Gasteiger partial charge is 0.181 e. The number of piperazine rings is 1. The predicted octanol–water partition coefficient (Wildman–Crippen LogP) is 1.65. The first kappa shape index (κ1) is 13.3. The zero-order valence-corrected chi connectivity index (χ0v) is 12.1. The van der Waals surface area contributed by atoms with Gasteiger partial charge < -0.3 is 9.88 Å². The van der Waals surface area contributed by atoms with Gasteiger partial charge in [-0.25, -0.2) is 0 Å². The molecular formula is C16H21N3O. The second kappa shape index (κ2) is 5.38. The Morgan fingerprint density at radius 2 is 1.95 bits per heavy atom. The Morgan fingerprint density at radius 3 is 2.70 bits per heavy atom. The molecule has 3 rings (SSSR count). The van der Waals surface area contributed by atoms with Crippen LogP contribution < -0.4 is 5.32 Å². The van der Waals surface area contributed by atoms with Crippen molar-refractivity contribution in [3.8, 4) is 0 Å². The lowest BCUT2D eigenvalue weighted by molar-refractivity contribution is 0.0822. The highest BCUT2D eigenvalue weighted by Crippen LogP contribution is 2.22. The van der Waals surface area contributed by atoms with Gasteiger partial charge in [-0.05, 0) is 13.0 Å². The number of hydrogen-bond donors (Lipinski definition) is 1. The van der Waals surface area contributed by atoms with E-state index in [4.69, 9.17) is 0 Å². The fourth-order valence-electron chi connectivity index (χ4n) is 3.00. The van der Waals surface area contributed by atoms with Crippen molar-refractivity contribution in [1.29, 1.82) is 0 Å². The molecular weight excluding hydrogens is 250 g/mol. The van der Waals surface area contributed by atoms with Gasteiger partial charge in [0.05, 0.1) is 6.04 Å². The number of carbonyl (C=O) groups is 1. The molecule has 1 fully saturated rings. The van der Waals surface area contributed by atoms with Crippen molar-refractivity contribution in [2.75, 3.05) is 26.2 Å². The molecule has 1 saturated heterocycles. The highest BCUT2D eigenvalue weighted by Gasteiger charge is 2.25. The number of nitrogens with one attached hydrogen (secondary N) is 1. The lowest BCUT2D eigenvalue weighted by Gasteiger charge is -2.31. The Balaban J connectivity index is 1.92. The van der Waals surface area contributed by atoms with Crippen molar-refractivity contribution in [1.82, 2.24) is 14.8 Å². The van der Waals surface area contributed by atoms with Crippen molar-refractivity contribution in [3.63, 3.8) is 0 Å². The van der Waals surface area contributed by atoms with Gasteiger partial charge in [0.15, 0.2) is 5.78 Å². The minimum Gasteiger partial charge on any atom is -0.350 e. The number of para-hydroxylation sites is 1. The number of nitrogens with zero attached hydrogens (tertiary/aromatic N) is 2. The third-order valence-electron chi connectivity index (χ3n) is 4.24. The Morgan fingerprint density at radius 1 is 1.25 bits per heavy atom. The molecule has 0 saturated carbocycles. The number of hydrogen-bond acceptors (Lipinski definition) is 3. The van der Waals surface area contributed by atoms with Crippen LogP contribution in [0.5, 0.6) is 0 Å². The lowest BCUT2D eigenvalue weighted by atomic mass is 10.0. The highest BCUT2D eigenvalue weighted by molar-refractivity contribution is 6.10. The average molecular weight is 271 g/mol. The van der Waals surface area contributed by atoms with Crippen molar-refractivity contribution in [3.05, 3.63) is 36.0 Å². The van der Waals surface area contributed by atoms with Gasteiger partial charge in [0, 0.05) is 55.9 Å². The maximum absolute atomic E-state index is 12.8. The SMILES string of the molecule is CC(C(=O)c1cn(C)c2ccccc12)N1CCNCC1. The highest BCUT2D eigenvalue weighted by atomic mass is 16.1. The van der Waals surface area contributed by atoms with Crippen LogP contribution in [0.2, 0.25) is 0 Å². The van der Waals surface area contributed by atoms with E-state index in [2.05, 4.69) is 16.3 Å². The molecule has 4 nitrogen and oxygen atoms in total. The van der Waals surface area contributed by atoms with Gasteiger partial charge in [0.25, 0.3) is 0 Å². The van der Waals surface area contributed by atoms with E-state index in [1.807, 2.05) is 42.9 Å². The predicted molar refractivity (Wildman–Crippen MR) is 81.2 cm³/mol. The van der Waals surface area contributed by atoms with Gasteiger partial charge in [-0.2, -0.15) is 0 Å². The minimum atomic E-state index is -0.0529. The number of ketones is 1. The zero-order valence-electron chi connectivity index (χ0n) is 12.1. The van der Waals surface area contributed by atoms with Gasteiger partial charge in [-0.1, -0.05) is 18.2 Å². The average Bonchev–Trinajstić information content (AvgIpc) is 2.84. The fourth-order valence-corrected chi connectivity index (χ4v) is 3.00. The lowest BCUT2D eigenvalue weighted by Crippen LogP contribution is -2.50. The maximum Gasteiger partial charge on any atom is 0.181 e. The van der Waals surface area contributed by atoms with Crippen LogP contribution in [0, 0.1) is 0 Å². The van der Waals surface area contributed by atoms with E-state index >= 15 is 0 Å². The Hall–Kier alpha value is -1.65. The molecule has 20 heavy (non-hydrogen) atoms. The first-order valence-electron chi connectivity index (χ1n) is 7.21. The monoisotopic (exact) mass is 271 g/mol. The van der Waals surface area contributed by atoms with Gasteiger partial charge in [-0.15, -0.1) is 0 Å². The van der Waals surface area contributed by atoms with E-state index in [1.54, 1.807) is 0 Å². The largest absolute Gasteiger partial charge is 0.350 e. The van der Waals surface area contributed by atoms with E-state index in [0.717, 1.165) is 42.6 Å². The van der Waals surface area contributed by atoms with Crippen LogP contribution in [0.4, 0.5) is 0 Å². The number of Topliss-reactive ketones (excluding diaryl/α,β-unsaturated/α-hetero) is 1. The molecule has 1 unspecified atom stereocenters. The molecule has 1 aromatic carbocycles. The summed E-state index contributed by atoms with van der Waals surface area (Å²) in [5, 5.41) is 4.38. The molecule has 4 heteroatoms. The first-order chi connectivity index (χ1) is 9.68. The molecule has 0 amide bonds. The maximum atomic E-state index is 12.8. The quantitative estimate of drug-likeness (QED) is 0.863. The number of aryl methyl sites for hydroxylation is 1. The molecule has 106 valence electrons. The number of carbonyl (C=O) groups excluding carboxylic acids is 1. The standard InChI is InChI=1S/C16H21N3O/c1-12(19-9-7-17-8-10-19)16(20)14-11-18(2)15-6-4-3-5-13(14)15/h3-6,11-12,17H,7-10H2,1-2H3. The third kappa shape index (κ3) is 2.25. The Bertz CT molecular complexity index is 626. The number of fused-ring (bicyclic) bond motifs is 1. The minimum absolute atomic E-state index is 0.0529. The third-order valence-corrected chi connectivity index (χ3v) is 4.24. The molecule has 1 atom stereocenters. The molecule has 0 spiro atoms. The van der Waals surface area contributed by atoms with Crippen LogP contribution in [-0.4, -0.2) is 47.5 Å². The molecule has 2 aromatic rings. The molecule has 1 aliphatic heterocycles. The van der Waals surface area contributed by atoms with E-state index in [0.29, 0.717) is 0 Å². The van der Waals surface area contributed by atoms with Crippen LogP contribution >= 0.6 is 0 Å². The van der Waals surface area contributed by atoms with Crippen LogP contribution in [0.15, 0.2) is 30.5 Å². The van der Waals surface area contributed by atoms with Gasteiger partial charge in [0.1, 0.15) is 0 Å². The molecule has 0 aliphatic carbocycles. The van der Waals surface area contributed by atoms with Crippen LogP contribution in [-0.2, 0) is 7.05 Å². The van der Waals surface area contributed by atoms with E-state index in [1.165, 1.54) is 0 Å².